The van der Waals surface area contributed by atoms with E-state index in [-0.39, 0.29) is 96.5 Å². The molecular formula is C43H68N6O8S. The molecule has 324 valence electrons. The molecule has 1 aromatic carbocycles. The van der Waals surface area contributed by atoms with E-state index < -0.39 is 18.0 Å². The van der Waals surface area contributed by atoms with Crippen LogP contribution in [0.15, 0.2) is 23.6 Å². The lowest BCUT2D eigenvalue weighted by atomic mass is 9.83. The first-order valence-corrected chi connectivity index (χ1v) is 21.8. The Morgan fingerprint density at radius 3 is 2.50 bits per heavy atom. The van der Waals surface area contributed by atoms with Gasteiger partial charge in [0.2, 0.25) is 11.8 Å². The topological polar surface area (TPSA) is 193 Å². The third kappa shape index (κ3) is 14.7. The largest absolute Gasteiger partial charge is 0.506 e. The number of phenols is 1. The number of nitrogens with zero attached hydrogens (tertiary/aromatic N) is 3. The number of hydrogen-bond donors (Lipinski definition) is 4. The van der Waals surface area contributed by atoms with Gasteiger partial charge in [-0.3, -0.25) is 28.9 Å². The minimum Gasteiger partial charge on any atom is -0.506 e. The molecule has 3 amide bonds. The summed E-state index contributed by atoms with van der Waals surface area (Å²) in [7, 11) is 3.75. The van der Waals surface area contributed by atoms with Crippen molar-refractivity contribution in [3.63, 3.8) is 0 Å². The van der Waals surface area contributed by atoms with Crippen molar-refractivity contribution in [3.05, 3.63) is 39.8 Å². The van der Waals surface area contributed by atoms with Crippen molar-refractivity contribution in [2.75, 3.05) is 45.7 Å². The Kier molecular flexibility index (Phi) is 20.2. The number of benzene rings is 1. The predicted octanol–water partition coefficient (Wildman–Crippen LogP) is 5.88. The Hall–Kier alpha value is -3.92. The summed E-state index contributed by atoms with van der Waals surface area (Å²) < 4.78 is 11.1. The van der Waals surface area contributed by atoms with E-state index in [0.717, 1.165) is 44.2 Å². The summed E-state index contributed by atoms with van der Waals surface area (Å²) in [5.74, 6) is -1.76. The Balaban J connectivity index is 1.75. The molecule has 0 saturated carbocycles. The zero-order chi connectivity index (χ0) is 42.9. The number of esters is 1. The second-order valence-electron chi connectivity index (χ2n) is 16.0. The van der Waals surface area contributed by atoms with Gasteiger partial charge in [0, 0.05) is 56.7 Å². The van der Waals surface area contributed by atoms with Crippen LogP contribution >= 0.6 is 11.3 Å². The standard InChI is InChI=1S/C43H68N6O8S/c1-9-13-31(22-30-15-16-37(51)33(23-30)46-40(53)17-20-56-21-18-44)45-41(54)34-26-58-42(47-34)39(57-29(6)50)25-36(27(3)4)49(8)43(55)32(28(5)10-2)24-38(52)35-14-11-12-19-48(35)7/h15-16,23,26-28,31-32,35-36,39,51H,9-14,17-22,24-25,44H2,1-8H3,(H,45,54)(H,46,53)/t28-,31+,32-,35+,36+,39+/m0/s1. The Morgan fingerprint density at radius 2 is 1.86 bits per heavy atom. The molecule has 1 aromatic heterocycles. The number of hydrogen-bond acceptors (Lipinski definition) is 12. The number of carbonyl (C=O) groups excluding carboxylic acids is 5. The molecule has 5 N–H and O–H groups in total. The number of nitrogens with one attached hydrogen (secondary N) is 2. The number of aromatic nitrogens is 1. The molecule has 1 aliphatic heterocycles. The van der Waals surface area contributed by atoms with Crippen LogP contribution < -0.4 is 16.4 Å². The van der Waals surface area contributed by atoms with Crippen LogP contribution in [-0.4, -0.2) is 108 Å². The minimum atomic E-state index is -0.810. The molecule has 2 aromatic rings. The van der Waals surface area contributed by atoms with Crippen LogP contribution in [0.2, 0.25) is 0 Å². The van der Waals surface area contributed by atoms with Crippen molar-refractivity contribution < 1.29 is 38.6 Å². The Morgan fingerprint density at radius 1 is 1.12 bits per heavy atom. The zero-order valence-electron chi connectivity index (χ0n) is 35.9. The first kappa shape index (κ1) is 48.4. The second kappa shape index (κ2) is 24.2. The highest BCUT2D eigenvalue weighted by Gasteiger charge is 2.37. The number of rotatable bonds is 24. The van der Waals surface area contributed by atoms with Crippen LogP contribution in [0.3, 0.4) is 0 Å². The van der Waals surface area contributed by atoms with E-state index in [1.165, 1.54) is 24.3 Å². The fourth-order valence-corrected chi connectivity index (χ4v) is 8.44. The lowest BCUT2D eigenvalue weighted by Gasteiger charge is -2.37. The van der Waals surface area contributed by atoms with Gasteiger partial charge in [-0.15, -0.1) is 11.3 Å². The van der Waals surface area contributed by atoms with Crippen molar-refractivity contribution >= 4 is 46.5 Å². The normalized spacial score (nSPS) is 17.2. The van der Waals surface area contributed by atoms with E-state index in [0.29, 0.717) is 31.0 Å². The molecule has 58 heavy (non-hydrogen) atoms. The number of likely N-dealkylation sites (N-methyl/N-ethyl adjacent to an activating group) is 1. The van der Waals surface area contributed by atoms with Gasteiger partial charge < -0.3 is 35.8 Å². The number of amides is 3. The van der Waals surface area contributed by atoms with Crippen LogP contribution in [0.25, 0.3) is 0 Å². The van der Waals surface area contributed by atoms with Gasteiger partial charge in [-0.2, -0.15) is 0 Å². The number of ketones is 1. The van der Waals surface area contributed by atoms with Crippen LogP contribution in [-0.2, 0) is 35.1 Å². The molecule has 0 radical (unpaired) electrons. The molecule has 14 nitrogen and oxygen atoms in total. The van der Waals surface area contributed by atoms with E-state index in [4.69, 9.17) is 15.2 Å². The second-order valence-corrected chi connectivity index (χ2v) is 16.9. The first-order valence-electron chi connectivity index (χ1n) is 20.9. The van der Waals surface area contributed by atoms with Crippen molar-refractivity contribution in [3.8, 4) is 5.75 Å². The SMILES string of the molecule is CCC[C@H](Cc1ccc(O)c(NC(=O)CCOCCN)c1)NC(=O)c1csc([C@@H](C[C@H](C(C)C)N(C)C(=O)[C@@H](CC(=O)[C@H]2CCCCN2C)[C@@H](C)CC)OC(C)=O)n1. The molecule has 3 rings (SSSR count). The molecule has 0 unspecified atom stereocenters. The summed E-state index contributed by atoms with van der Waals surface area (Å²) in [4.78, 5) is 74.9. The maximum absolute atomic E-state index is 14.3. The number of piperidine rings is 1. The number of anilines is 1. The Bertz CT molecular complexity index is 1650. The van der Waals surface area contributed by atoms with Crippen LogP contribution in [0, 0.1) is 17.8 Å². The summed E-state index contributed by atoms with van der Waals surface area (Å²) >= 11 is 1.22. The van der Waals surface area contributed by atoms with Gasteiger partial charge in [0.15, 0.2) is 11.9 Å². The quantitative estimate of drug-likeness (QED) is 0.0562. The molecule has 0 spiro atoms. The molecule has 15 heteroatoms. The van der Waals surface area contributed by atoms with Gasteiger partial charge in [-0.25, -0.2) is 4.98 Å². The first-order chi connectivity index (χ1) is 27.6. The highest BCUT2D eigenvalue weighted by atomic mass is 32.1. The maximum atomic E-state index is 14.3. The summed E-state index contributed by atoms with van der Waals surface area (Å²) in [5.41, 5.74) is 6.68. The fraction of sp³-hybridized carbons (Fsp3) is 0.674. The van der Waals surface area contributed by atoms with Gasteiger partial charge >= 0.3 is 5.97 Å². The highest BCUT2D eigenvalue weighted by Crippen LogP contribution is 2.33. The molecule has 0 bridgehead atoms. The molecule has 6 atom stereocenters. The average Bonchev–Trinajstić information content (AvgIpc) is 3.68. The number of nitrogens with two attached hydrogens (primary N) is 1. The summed E-state index contributed by atoms with van der Waals surface area (Å²) in [6, 6.07) is 4.16. The molecule has 1 aliphatic rings. The molecular weight excluding hydrogens is 761 g/mol. The van der Waals surface area contributed by atoms with Gasteiger partial charge in [0.1, 0.15) is 16.5 Å². The molecule has 1 saturated heterocycles. The molecule has 0 aliphatic carbocycles. The number of Topliss-reactive ketones (excluding diaryl/α,β-unsaturated/α-hetero) is 1. The lowest BCUT2D eigenvalue weighted by molar-refractivity contribution is -0.149. The predicted molar refractivity (Wildman–Crippen MR) is 227 cm³/mol. The smallest absolute Gasteiger partial charge is 0.303 e. The number of thiazole rings is 1. The van der Waals surface area contributed by atoms with Crippen molar-refractivity contribution in [1.82, 2.24) is 20.1 Å². The lowest BCUT2D eigenvalue weighted by Crippen LogP contribution is -2.48. The van der Waals surface area contributed by atoms with Crippen molar-refractivity contribution in [1.29, 1.82) is 0 Å². The third-order valence-electron chi connectivity index (χ3n) is 11.1. The monoisotopic (exact) mass is 828 g/mol. The van der Waals surface area contributed by atoms with Gasteiger partial charge in [-0.05, 0) is 68.8 Å². The molecule has 2 heterocycles. The third-order valence-corrected chi connectivity index (χ3v) is 12.1. The van der Waals surface area contributed by atoms with Gasteiger partial charge in [-0.1, -0.05) is 59.9 Å². The van der Waals surface area contributed by atoms with E-state index in [9.17, 15) is 29.1 Å². The number of phenolic OH excluding ortho intramolecular Hbond substituents is 1. The minimum absolute atomic E-state index is 0.00408. The number of aromatic hydroxyl groups is 1. The van der Waals surface area contributed by atoms with Crippen LogP contribution in [0.4, 0.5) is 5.69 Å². The number of likely N-dealkylation sites (tertiary alicyclic amines) is 1. The number of carbonyl (C=O) groups is 5. The average molecular weight is 829 g/mol. The summed E-state index contributed by atoms with van der Waals surface area (Å²) in [6.07, 6.45) is 5.28. The van der Waals surface area contributed by atoms with Crippen molar-refractivity contribution in [2.45, 2.75) is 130 Å². The fourth-order valence-electron chi connectivity index (χ4n) is 7.60. The van der Waals surface area contributed by atoms with E-state index in [2.05, 4.69) is 20.5 Å². The van der Waals surface area contributed by atoms with Crippen molar-refractivity contribution in [2.24, 2.45) is 23.5 Å². The van der Waals surface area contributed by atoms with Gasteiger partial charge in [0.25, 0.3) is 5.91 Å². The van der Waals surface area contributed by atoms with Gasteiger partial charge in [0.05, 0.1) is 31.4 Å². The van der Waals surface area contributed by atoms with Crippen LogP contribution in [0.5, 0.6) is 5.75 Å². The van der Waals surface area contributed by atoms with E-state index in [1.54, 1.807) is 29.5 Å². The molecule has 1 fully saturated rings. The summed E-state index contributed by atoms with van der Waals surface area (Å²) in [5, 5.41) is 18.3. The summed E-state index contributed by atoms with van der Waals surface area (Å²) in [6.45, 7) is 13.2. The van der Waals surface area contributed by atoms with E-state index in [1.807, 2.05) is 41.7 Å². The maximum Gasteiger partial charge on any atom is 0.303 e. The van der Waals surface area contributed by atoms with Crippen LogP contribution in [0.1, 0.15) is 126 Å². The number of ether oxygens (including phenoxy) is 2. The Labute approximate surface area is 349 Å². The zero-order valence-corrected chi connectivity index (χ0v) is 36.7. The van der Waals surface area contributed by atoms with E-state index >= 15 is 0 Å². The highest BCUT2D eigenvalue weighted by molar-refractivity contribution is 7.09.